The highest BCUT2D eigenvalue weighted by molar-refractivity contribution is 8.01. The summed E-state index contributed by atoms with van der Waals surface area (Å²) >= 11 is 7.06. The third-order valence-corrected chi connectivity index (χ3v) is 5.29. The number of aliphatic carboxylic acids is 1. The van der Waals surface area contributed by atoms with E-state index in [1.54, 1.807) is 28.8 Å². The Morgan fingerprint density at radius 1 is 1.23 bits per heavy atom. The first-order chi connectivity index (χ1) is 10.6. The topological polar surface area (TPSA) is 40.5 Å². The van der Waals surface area contributed by atoms with E-state index in [1.807, 2.05) is 24.3 Å². The molecule has 22 heavy (non-hydrogen) atoms. The van der Waals surface area contributed by atoms with Crippen molar-refractivity contribution in [1.29, 1.82) is 0 Å². The Morgan fingerprint density at radius 3 is 2.59 bits per heavy atom. The number of nitrogens with zero attached hydrogens (tertiary/aromatic N) is 1. The zero-order valence-electron chi connectivity index (χ0n) is 11.4. The molecule has 3 nitrogen and oxygen atoms in total. The SMILES string of the molecule is O=C(O)CN1C(=S)C(c2ccc(F)cc2)Sc2ccccc21. The second-order valence-electron chi connectivity index (χ2n) is 4.84. The molecule has 112 valence electrons. The van der Waals surface area contributed by atoms with Crippen LogP contribution >= 0.6 is 24.0 Å². The van der Waals surface area contributed by atoms with E-state index in [9.17, 15) is 9.18 Å². The summed E-state index contributed by atoms with van der Waals surface area (Å²) in [4.78, 5) is 14.3. The number of anilines is 1. The van der Waals surface area contributed by atoms with Crippen LogP contribution in [-0.4, -0.2) is 22.6 Å². The minimum atomic E-state index is -0.943. The molecule has 1 aliphatic rings. The van der Waals surface area contributed by atoms with Gasteiger partial charge < -0.3 is 10.0 Å². The van der Waals surface area contributed by atoms with Gasteiger partial charge in [0.05, 0.1) is 10.9 Å². The molecule has 0 aromatic heterocycles. The molecular weight excluding hydrogens is 321 g/mol. The lowest BCUT2D eigenvalue weighted by molar-refractivity contribution is -0.135. The Kier molecular flexibility index (Phi) is 4.13. The predicted octanol–water partition coefficient (Wildman–Crippen LogP) is 3.89. The maximum atomic E-state index is 13.1. The molecule has 0 radical (unpaired) electrons. The summed E-state index contributed by atoms with van der Waals surface area (Å²) in [5.74, 6) is -1.25. The van der Waals surface area contributed by atoms with E-state index in [2.05, 4.69) is 0 Å². The molecule has 1 N–H and O–H groups in total. The van der Waals surface area contributed by atoms with Gasteiger partial charge in [0.1, 0.15) is 17.4 Å². The zero-order chi connectivity index (χ0) is 15.7. The van der Waals surface area contributed by atoms with Gasteiger partial charge in [-0.2, -0.15) is 0 Å². The molecule has 1 aliphatic heterocycles. The summed E-state index contributed by atoms with van der Waals surface area (Å²) in [6.07, 6.45) is 0. The first-order valence-electron chi connectivity index (χ1n) is 6.60. The van der Waals surface area contributed by atoms with Crippen LogP contribution < -0.4 is 4.90 Å². The summed E-state index contributed by atoms with van der Waals surface area (Å²) in [7, 11) is 0. The summed E-state index contributed by atoms with van der Waals surface area (Å²) in [6.45, 7) is -0.186. The van der Waals surface area contributed by atoms with Gasteiger partial charge in [-0.15, -0.1) is 11.8 Å². The van der Waals surface area contributed by atoms with Crippen molar-refractivity contribution < 1.29 is 14.3 Å². The fourth-order valence-corrected chi connectivity index (χ4v) is 4.04. The van der Waals surface area contributed by atoms with E-state index < -0.39 is 5.97 Å². The quantitative estimate of drug-likeness (QED) is 0.863. The van der Waals surface area contributed by atoms with Crippen molar-refractivity contribution in [2.45, 2.75) is 10.1 Å². The molecule has 0 aliphatic carbocycles. The Morgan fingerprint density at radius 2 is 1.91 bits per heavy atom. The molecule has 0 bridgehead atoms. The standard InChI is InChI=1S/C16H12FNO2S2/c17-11-7-5-10(6-8-11)15-16(21)18(9-14(19)20)12-3-1-2-4-13(12)22-15/h1-8,15H,9H2,(H,19,20). The first-order valence-corrected chi connectivity index (χ1v) is 7.89. The molecule has 2 aromatic rings. The number of fused-ring (bicyclic) bond motifs is 1. The van der Waals surface area contributed by atoms with E-state index in [0.29, 0.717) is 4.99 Å². The highest BCUT2D eigenvalue weighted by atomic mass is 32.2. The second kappa shape index (κ2) is 6.06. The number of para-hydroxylation sites is 1. The van der Waals surface area contributed by atoms with Gasteiger partial charge in [0.15, 0.2) is 0 Å². The second-order valence-corrected chi connectivity index (χ2v) is 6.40. The third kappa shape index (κ3) is 2.84. The van der Waals surface area contributed by atoms with Gasteiger partial charge >= 0.3 is 5.97 Å². The van der Waals surface area contributed by atoms with Gasteiger partial charge in [0, 0.05) is 4.90 Å². The predicted molar refractivity (Wildman–Crippen MR) is 89.0 cm³/mol. The number of carboxylic acid groups (broad SMARTS) is 1. The third-order valence-electron chi connectivity index (χ3n) is 3.36. The fourth-order valence-electron chi connectivity index (χ4n) is 2.36. The monoisotopic (exact) mass is 333 g/mol. The lowest BCUT2D eigenvalue weighted by atomic mass is 10.1. The van der Waals surface area contributed by atoms with Gasteiger partial charge in [-0.3, -0.25) is 4.79 Å². The van der Waals surface area contributed by atoms with E-state index in [1.165, 1.54) is 12.1 Å². The van der Waals surface area contributed by atoms with Crippen molar-refractivity contribution >= 4 is 40.6 Å². The zero-order valence-corrected chi connectivity index (χ0v) is 13.0. The number of thioether (sulfide) groups is 1. The van der Waals surface area contributed by atoms with Crippen LogP contribution in [0.3, 0.4) is 0 Å². The van der Waals surface area contributed by atoms with Crippen molar-refractivity contribution in [2.75, 3.05) is 11.4 Å². The number of benzene rings is 2. The highest BCUT2D eigenvalue weighted by Gasteiger charge is 2.32. The molecule has 6 heteroatoms. The molecule has 1 heterocycles. The van der Waals surface area contributed by atoms with Crippen LogP contribution in [0.2, 0.25) is 0 Å². The van der Waals surface area contributed by atoms with Crippen LogP contribution in [0.25, 0.3) is 0 Å². The first kappa shape index (κ1) is 15.0. The molecular formula is C16H12FNO2S2. The van der Waals surface area contributed by atoms with Crippen molar-refractivity contribution in [1.82, 2.24) is 0 Å². The Bertz CT molecular complexity index is 733. The van der Waals surface area contributed by atoms with Crippen LogP contribution in [0.5, 0.6) is 0 Å². The lowest BCUT2D eigenvalue weighted by Gasteiger charge is -2.35. The minimum absolute atomic E-state index is 0.186. The molecule has 0 saturated heterocycles. The molecule has 1 atom stereocenters. The molecule has 1 unspecified atom stereocenters. The van der Waals surface area contributed by atoms with Crippen molar-refractivity contribution in [2.24, 2.45) is 0 Å². The van der Waals surface area contributed by atoms with Crippen molar-refractivity contribution in [3.05, 3.63) is 59.9 Å². The fraction of sp³-hybridized carbons (Fsp3) is 0.125. The van der Waals surface area contributed by atoms with Gasteiger partial charge in [-0.05, 0) is 29.8 Å². The largest absolute Gasteiger partial charge is 0.480 e. The minimum Gasteiger partial charge on any atom is -0.480 e. The summed E-state index contributed by atoms with van der Waals surface area (Å²) < 4.78 is 13.1. The molecule has 3 rings (SSSR count). The number of hydrogen-bond acceptors (Lipinski definition) is 3. The maximum absolute atomic E-state index is 13.1. The number of carbonyl (C=O) groups is 1. The Hall–Kier alpha value is -1.92. The number of carboxylic acids is 1. The van der Waals surface area contributed by atoms with E-state index in [0.717, 1.165) is 16.1 Å². The number of halogens is 1. The van der Waals surface area contributed by atoms with E-state index in [4.69, 9.17) is 17.3 Å². The molecule has 0 amide bonds. The van der Waals surface area contributed by atoms with E-state index in [-0.39, 0.29) is 17.6 Å². The smallest absolute Gasteiger partial charge is 0.323 e. The summed E-state index contributed by atoms with van der Waals surface area (Å²) in [6, 6.07) is 13.7. The summed E-state index contributed by atoms with van der Waals surface area (Å²) in [5.41, 5.74) is 1.67. The molecule has 0 fully saturated rings. The van der Waals surface area contributed by atoms with Crippen LogP contribution in [0.4, 0.5) is 10.1 Å². The van der Waals surface area contributed by atoms with Gasteiger partial charge in [0.25, 0.3) is 0 Å². The van der Waals surface area contributed by atoms with Crippen LogP contribution in [-0.2, 0) is 4.79 Å². The Balaban J connectivity index is 2.02. The molecule has 0 saturated carbocycles. The van der Waals surface area contributed by atoms with Crippen LogP contribution in [0.15, 0.2) is 53.4 Å². The average Bonchev–Trinajstić information content (AvgIpc) is 2.50. The lowest BCUT2D eigenvalue weighted by Crippen LogP contribution is -2.39. The maximum Gasteiger partial charge on any atom is 0.323 e. The molecule has 0 spiro atoms. The number of thiocarbonyl (C=S) groups is 1. The van der Waals surface area contributed by atoms with Gasteiger partial charge in [-0.25, -0.2) is 4.39 Å². The average molecular weight is 333 g/mol. The van der Waals surface area contributed by atoms with E-state index >= 15 is 0 Å². The number of hydrogen-bond donors (Lipinski definition) is 1. The van der Waals surface area contributed by atoms with Crippen molar-refractivity contribution in [3.63, 3.8) is 0 Å². The normalized spacial score (nSPS) is 17.2. The summed E-state index contributed by atoms with van der Waals surface area (Å²) in [5, 5.41) is 8.94. The van der Waals surface area contributed by atoms with Crippen LogP contribution in [0.1, 0.15) is 10.8 Å². The molecule has 2 aromatic carbocycles. The van der Waals surface area contributed by atoms with Gasteiger partial charge in [-0.1, -0.05) is 36.5 Å². The highest BCUT2D eigenvalue weighted by Crippen LogP contribution is 2.46. The number of rotatable bonds is 3. The van der Waals surface area contributed by atoms with Crippen molar-refractivity contribution in [3.8, 4) is 0 Å². The van der Waals surface area contributed by atoms with Crippen LogP contribution in [0, 0.1) is 5.82 Å². The van der Waals surface area contributed by atoms with Gasteiger partial charge in [0.2, 0.25) is 0 Å². The Labute approximate surface area is 136 Å².